The average Bonchev–Trinajstić information content (AvgIpc) is 2.61. The highest BCUT2D eigenvalue weighted by atomic mass is 127. The van der Waals surface area contributed by atoms with Crippen molar-refractivity contribution in [1.82, 2.24) is 15.1 Å². The van der Waals surface area contributed by atoms with Gasteiger partial charge in [-0.15, -0.1) is 24.0 Å². The Bertz CT molecular complexity index is 504. The van der Waals surface area contributed by atoms with Crippen LogP contribution in [0.1, 0.15) is 18.4 Å². The molecule has 25 heavy (non-hydrogen) atoms. The van der Waals surface area contributed by atoms with E-state index in [1.165, 1.54) is 24.2 Å². The van der Waals surface area contributed by atoms with Gasteiger partial charge < -0.3 is 10.2 Å². The van der Waals surface area contributed by atoms with Gasteiger partial charge in [0.25, 0.3) is 0 Å². The SMILES string of the molecule is CN=C(NCCCCSC)N1CCN(Cc2ccc(Cl)cc2)CC1.I. The predicted octanol–water partition coefficient (Wildman–Crippen LogP) is 3.79. The van der Waals surface area contributed by atoms with Crippen molar-refractivity contribution >= 4 is 53.3 Å². The number of nitrogens with one attached hydrogen (secondary N) is 1. The van der Waals surface area contributed by atoms with Crippen LogP contribution in [0.25, 0.3) is 0 Å². The van der Waals surface area contributed by atoms with Gasteiger partial charge in [0.15, 0.2) is 5.96 Å². The van der Waals surface area contributed by atoms with E-state index < -0.39 is 0 Å². The number of unbranched alkanes of at least 4 members (excludes halogenated alkanes) is 1. The van der Waals surface area contributed by atoms with E-state index in [1.54, 1.807) is 0 Å². The number of halogens is 2. The minimum absolute atomic E-state index is 0. The average molecular weight is 497 g/mol. The molecule has 0 bridgehead atoms. The molecular weight excluding hydrogens is 467 g/mol. The smallest absolute Gasteiger partial charge is 0.193 e. The molecule has 0 aromatic heterocycles. The third-order valence-electron chi connectivity index (χ3n) is 4.26. The van der Waals surface area contributed by atoms with Gasteiger partial charge >= 0.3 is 0 Å². The summed E-state index contributed by atoms with van der Waals surface area (Å²) in [5, 5.41) is 4.30. The number of benzene rings is 1. The molecule has 4 nitrogen and oxygen atoms in total. The number of hydrogen-bond donors (Lipinski definition) is 1. The Morgan fingerprint density at radius 3 is 2.44 bits per heavy atom. The molecule has 142 valence electrons. The normalized spacial score (nSPS) is 15.8. The van der Waals surface area contributed by atoms with Gasteiger partial charge in [-0.3, -0.25) is 9.89 Å². The summed E-state index contributed by atoms with van der Waals surface area (Å²) < 4.78 is 0. The molecular formula is C18H30ClIN4S. The van der Waals surface area contributed by atoms with E-state index >= 15 is 0 Å². The predicted molar refractivity (Wildman–Crippen MR) is 123 cm³/mol. The van der Waals surface area contributed by atoms with E-state index in [0.717, 1.165) is 50.3 Å². The van der Waals surface area contributed by atoms with Crippen LogP contribution in [0.4, 0.5) is 0 Å². The minimum atomic E-state index is 0. The van der Waals surface area contributed by atoms with Gasteiger partial charge in [-0.1, -0.05) is 23.7 Å². The lowest BCUT2D eigenvalue weighted by Crippen LogP contribution is -2.52. The summed E-state index contributed by atoms with van der Waals surface area (Å²) in [5.41, 5.74) is 1.32. The second kappa shape index (κ2) is 13.1. The van der Waals surface area contributed by atoms with Gasteiger partial charge in [-0.2, -0.15) is 11.8 Å². The van der Waals surface area contributed by atoms with Crippen molar-refractivity contribution in [3.05, 3.63) is 34.9 Å². The van der Waals surface area contributed by atoms with Crippen molar-refractivity contribution in [2.24, 2.45) is 4.99 Å². The number of rotatable bonds is 7. The molecule has 1 fully saturated rings. The van der Waals surface area contributed by atoms with Crippen LogP contribution in [-0.4, -0.2) is 67.5 Å². The van der Waals surface area contributed by atoms with Crippen molar-refractivity contribution in [3.63, 3.8) is 0 Å². The third-order valence-corrected chi connectivity index (χ3v) is 5.21. The Labute approximate surface area is 178 Å². The molecule has 0 atom stereocenters. The fourth-order valence-corrected chi connectivity index (χ4v) is 3.49. The van der Waals surface area contributed by atoms with Crippen LogP contribution in [-0.2, 0) is 6.54 Å². The Hall–Kier alpha value is -0.180. The highest BCUT2D eigenvalue weighted by Crippen LogP contribution is 2.13. The van der Waals surface area contributed by atoms with Crippen LogP contribution >= 0.6 is 47.3 Å². The van der Waals surface area contributed by atoms with Crippen molar-refractivity contribution in [2.45, 2.75) is 19.4 Å². The van der Waals surface area contributed by atoms with Crippen LogP contribution in [0.2, 0.25) is 5.02 Å². The zero-order chi connectivity index (χ0) is 17.2. The number of hydrogen-bond acceptors (Lipinski definition) is 3. The van der Waals surface area contributed by atoms with Gasteiger partial charge in [0, 0.05) is 51.3 Å². The number of piperazine rings is 1. The van der Waals surface area contributed by atoms with Crippen LogP contribution in [0, 0.1) is 0 Å². The van der Waals surface area contributed by atoms with Crippen LogP contribution in [0.15, 0.2) is 29.3 Å². The first-order valence-electron chi connectivity index (χ1n) is 8.64. The van der Waals surface area contributed by atoms with Crippen molar-refractivity contribution < 1.29 is 0 Å². The molecule has 7 heteroatoms. The quantitative estimate of drug-likeness (QED) is 0.269. The van der Waals surface area contributed by atoms with E-state index in [2.05, 4.69) is 38.5 Å². The topological polar surface area (TPSA) is 30.9 Å². The minimum Gasteiger partial charge on any atom is -0.356 e. The number of nitrogens with zero attached hydrogens (tertiary/aromatic N) is 3. The van der Waals surface area contributed by atoms with Crippen molar-refractivity contribution in [1.29, 1.82) is 0 Å². The number of aliphatic imine (C=N–C) groups is 1. The molecule has 1 aliphatic heterocycles. The number of guanidine groups is 1. The first-order valence-corrected chi connectivity index (χ1v) is 10.4. The van der Waals surface area contributed by atoms with Gasteiger partial charge in [0.2, 0.25) is 0 Å². The largest absolute Gasteiger partial charge is 0.356 e. The standard InChI is InChI=1S/C18H29ClN4S.HI/c1-20-18(21-9-3-4-14-24-2)23-12-10-22(11-13-23)15-16-5-7-17(19)8-6-16;/h5-8H,3-4,9-15H2,1-2H3,(H,20,21);1H. The van der Waals surface area contributed by atoms with Crippen LogP contribution in [0.3, 0.4) is 0 Å². The van der Waals surface area contributed by atoms with E-state index in [-0.39, 0.29) is 24.0 Å². The van der Waals surface area contributed by atoms with Gasteiger partial charge in [0.1, 0.15) is 0 Å². The third kappa shape index (κ3) is 8.37. The zero-order valence-corrected chi connectivity index (χ0v) is 19.1. The summed E-state index contributed by atoms with van der Waals surface area (Å²) >= 11 is 7.87. The molecule has 0 unspecified atom stereocenters. The Morgan fingerprint density at radius 1 is 1.16 bits per heavy atom. The fraction of sp³-hybridized carbons (Fsp3) is 0.611. The van der Waals surface area contributed by atoms with Gasteiger partial charge in [0.05, 0.1) is 0 Å². The first kappa shape index (κ1) is 22.9. The summed E-state index contributed by atoms with van der Waals surface area (Å²) in [6.45, 7) is 6.19. The maximum absolute atomic E-state index is 5.95. The monoisotopic (exact) mass is 496 g/mol. The zero-order valence-electron chi connectivity index (χ0n) is 15.2. The van der Waals surface area contributed by atoms with Crippen molar-refractivity contribution in [3.8, 4) is 0 Å². The molecule has 0 saturated carbocycles. The molecule has 0 aliphatic carbocycles. The van der Waals surface area contributed by atoms with E-state index in [0.29, 0.717) is 0 Å². The fourth-order valence-electron chi connectivity index (χ4n) is 2.87. The molecule has 0 radical (unpaired) electrons. The summed E-state index contributed by atoms with van der Waals surface area (Å²) in [5.74, 6) is 2.29. The van der Waals surface area contributed by atoms with Gasteiger partial charge in [-0.25, -0.2) is 0 Å². The molecule has 1 heterocycles. The first-order chi connectivity index (χ1) is 11.7. The molecule has 1 aromatic rings. The maximum atomic E-state index is 5.95. The molecule has 1 aliphatic rings. The van der Waals surface area contributed by atoms with Gasteiger partial charge in [-0.05, 0) is 42.5 Å². The lowest BCUT2D eigenvalue weighted by atomic mass is 10.2. The second-order valence-corrected chi connectivity index (χ2v) is 7.49. The molecule has 0 amide bonds. The molecule has 1 aromatic carbocycles. The van der Waals surface area contributed by atoms with E-state index in [1.807, 2.05) is 30.9 Å². The molecule has 2 rings (SSSR count). The Balaban J connectivity index is 0.00000312. The van der Waals surface area contributed by atoms with E-state index in [4.69, 9.17) is 11.6 Å². The number of thioether (sulfide) groups is 1. The summed E-state index contributed by atoms with van der Waals surface area (Å²) in [6.07, 6.45) is 4.63. The van der Waals surface area contributed by atoms with Crippen molar-refractivity contribution in [2.75, 3.05) is 51.8 Å². The lowest BCUT2D eigenvalue weighted by Gasteiger charge is -2.36. The highest BCUT2D eigenvalue weighted by molar-refractivity contribution is 14.0. The molecule has 1 N–H and O–H groups in total. The Morgan fingerprint density at radius 2 is 1.84 bits per heavy atom. The molecule has 1 saturated heterocycles. The van der Waals surface area contributed by atoms with Crippen LogP contribution < -0.4 is 5.32 Å². The molecule has 0 spiro atoms. The summed E-state index contributed by atoms with van der Waals surface area (Å²) in [7, 11) is 1.88. The maximum Gasteiger partial charge on any atom is 0.193 e. The second-order valence-electron chi connectivity index (χ2n) is 6.06. The summed E-state index contributed by atoms with van der Waals surface area (Å²) in [4.78, 5) is 9.30. The lowest BCUT2D eigenvalue weighted by molar-refractivity contribution is 0.172. The summed E-state index contributed by atoms with van der Waals surface area (Å²) in [6, 6.07) is 8.17. The highest BCUT2D eigenvalue weighted by Gasteiger charge is 2.19. The Kier molecular flexibility index (Phi) is 11.9. The van der Waals surface area contributed by atoms with E-state index in [9.17, 15) is 0 Å². The van der Waals surface area contributed by atoms with Crippen LogP contribution in [0.5, 0.6) is 0 Å².